The van der Waals surface area contributed by atoms with Crippen molar-refractivity contribution in [1.29, 1.82) is 0 Å². The third-order valence-electron chi connectivity index (χ3n) is 4.51. The van der Waals surface area contributed by atoms with Crippen LogP contribution in [0.3, 0.4) is 0 Å². The van der Waals surface area contributed by atoms with Crippen LogP contribution in [-0.2, 0) is 11.2 Å². The standard InChI is InChI=1S/C18H27NO2/c1-5-19-17(16-8-6-12(2)20-16)13-7-9-15-14(10-13)11-18(3,4)21-15/h7,9-10,12,16-17,19H,5-6,8,11H2,1-4H3. The molecule has 1 aromatic rings. The first-order valence-corrected chi connectivity index (χ1v) is 8.19. The van der Waals surface area contributed by atoms with Crippen molar-refractivity contribution in [3.05, 3.63) is 29.3 Å². The van der Waals surface area contributed by atoms with Crippen LogP contribution in [0.25, 0.3) is 0 Å². The smallest absolute Gasteiger partial charge is 0.123 e. The first-order valence-electron chi connectivity index (χ1n) is 8.19. The predicted octanol–water partition coefficient (Wildman–Crippen LogP) is 3.62. The van der Waals surface area contributed by atoms with E-state index in [0.717, 1.165) is 31.6 Å². The third kappa shape index (κ3) is 3.09. The molecule has 0 saturated carbocycles. The molecule has 3 heteroatoms. The molecule has 1 saturated heterocycles. The number of hydrogen-bond donors (Lipinski definition) is 1. The fraction of sp³-hybridized carbons (Fsp3) is 0.667. The van der Waals surface area contributed by atoms with Gasteiger partial charge >= 0.3 is 0 Å². The zero-order valence-corrected chi connectivity index (χ0v) is 13.6. The van der Waals surface area contributed by atoms with Crippen LogP contribution in [0.15, 0.2) is 18.2 Å². The van der Waals surface area contributed by atoms with Gasteiger partial charge in [0.2, 0.25) is 0 Å². The van der Waals surface area contributed by atoms with Gasteiger partial charge in [0.15, 0.2) is 0 Å². The van der Waals surface area contributed by atoms with Crippen LogP contribution < -0.4 is 10.1 Å². The first kappa shape index (κ1) is 14.9. The summed E-state index contributed by atoms with van der Waals surface area (Å²) < 4.78 is 12.1. The van der Waals surface area contributed by atoms with Gasteiger partial charge in [-0.3, -0.25) is 0 Å². The van der Waals surface area contributed by atoms with Gasteiger partial charge in [0.1, 0.15) is 11.4 Å². The van der Waals surface area contributed by atoms with Gasteiger partial charge in [-0.05, 0) is 57.4 Å². The number of ether oxygens (including phenoxy) is 2. The summed E-state index contributed by atoms with van der Waals surface area (Å²) in [5.41, 5.74) is 2.58. The maximum Gasteiger partial charge on any atom is 0.123 e. The molecular formula is C18H27NO2. The molecule has 21 heavy (non-hydrogen) atoms. The molecule has 0 spiro atoms. The van der Waals surface area contributed by atoms with Gasteiger partial charge in [-0.2, -0.15) is 0 Å². The lowest BCUT2D eigenvalue weighted by atomic mass is 9.94. The lowest BCUT2D eigenvalue weighted by molar-refractivity contribution is 0.0319. The molecular weight excluding hydrogens is 262 g/mol. The maximum absolute atomic E-state index is 6.10. The molecule has 3 atom stereocenters. The highest BCUT2D eigenvalue weighted by molar-refractivity contribution is 5.43. The van der Waals surface area contributed by atoms with Gasteiger partial charge in [0.05, 0.1) is 18.2 Å². The minimum absolute atomic E-state index is 0.0764. The normalized spacial score (nSPS) is 28.2. The zero-order chi connectivity index (χ0) is 15.0. The van der Waals surface area contributed by atoms with Gasteiger partial charge in [-0.1, -0.05) is 19.1 Å². The zero-order valence-electron chi connectivity index (χ0n) is 13.6. The van der Waals surface area contributed by atoms with E-state index in [1.165, 1.54) is 11.1 Å². The summed E-state index contributed by atoms with van der Waals surface area (Å²) in [6.07, 6.45) is 3.95. The molecule has 2 heterocycles. The summed E-state index contributed by atoms with van der Waals surface area (Å²) in [4.78, 5) is 0. The van der Waals surface area contributed by atoms with Crippen molar-refractivity contribution in [2.75, 3.05) is 6.54 Å². The van der Waals surface area contributed by atoms with E-state index in [2.05, 4.69) is 51.2 Å². The number of likely N-dealkylation sites (N-methyl/N-ethyl adjacent to an activating group) is 1. The van der Waals surface area contributed by atoms with E-state index in [4.69, 9.17) is 9.47 Å². The van der Waals surface area contributed by atoms with Crippen molar-refractivity contribution in [3.63, 3.8) is 0 Å². The van der Waals surface area contributed by atoms with Crippen LogP contribution in [0.2, 0.25) is 0 Å². The Balaban J connectivity index is 1.84. The van der Waals surface area contributed by atoms with E-state index in [-0.39, 0.29) is 17.7 Å². The van der Waals surface area contributed by atoms with Crippen molar-refractivity contribution in [1.82, 2.24) is 5.32 Å². The number of hydrogen-bond acceptors (Lipinski definition) is 3. The molecule has 116 valence electrons. The molecule has 0 aromatic heterocycles. The van der Waals surface area contributed by atoms with Crippen molar-refractivity contribution in [2.45, 2.75) is 70.8 Å². The second-order valence-corrected chi connectivity index (χ2v) is 7.00. The monoisotopic (exact) mass is 289 g/mol. The highest BCUT2D eigenvalue weighted by atomic mass is 16.5. The Kier molecular flexibility index (Phi) is 3.98. The molecule has 2 aliphatic rings. The van der Waals surface area contributed by atoms with Crippen LogP contribution in [0.5, 0.6) is 5.75 Å². The van der Waals surface area contributed by atoms with E-state index in [1.807, 2.05) is 0 Å². The largest absolute Gasteiger partial charge is 0.487 e. The van der Waals surface area contributed by atoms with Crippen LogP contribution >= 0.6 is 0 Å². The summed E-state index contributed by atoms with van der Waals surface area (Å²) in [5, 5.41) is 3.61. The molecule has 3 unspecified atom stereocenters. The van der Waals surface area contributed by atoms with E-state index < -0.39 is 0 Å². The van der Waals surface area contributed by atoms with E-state index in [9.17, 15) is 0 Å². The number of benzene rings is 1. The van der Waals surface area contributed by atoms with Crippen molar-refractivity contribution in [3.8, 4) is 5.75 Å². The molecule has 1 aromatic carbocycles. The molecule has 1 fully saturated rings. The molecule has 0 bridgehead atoms. The third-order valence-corrected chi connectivity index (χ3v) is 4.51. The lowest BCUT2D eigenvalue weighted by Gasteiger charge is -2.25. The van der Waals surface area contributed by atoms with Gasteiger partial charge in [-0.25, -0.2) is 0 Å². The fourth-order valence-electron chi connectivity index (χ4n) is 3.59. The second-order valence-electron chi connectivity index (χ2n) is 7.00. The quantitative estimate of drug-likeness (QED) is 0.918. The van der Waals surface area contributed by atoms with Crippen molar-refractivity contribution >= 4 is 0 Å². The van der Waals surface area contributed by atoms with Crippen LogP contribution in [0.4, 0.5) is 0 Å². The molecule has 0 radical (unpaired) electrons. The Bertz CT molecular complexity index is 512. The average molecular weight is 289 g/mol. The Morgan fingerprint density at radius 3 is 2.81 bits per heavy atom. The number of fused-ring (bicyclic) bond motifs is 1. The van der Waals surface area contributed by atoms with Gasteiger partial charge in [0.25, 0.3) is 0 Å². The molecule has 1 N–H and O–H groups in total. The van der Waals surface area contributed by atoms with Crippen molar-refractivity contribution < 1.29 is 9.47 Å². The van der Waals surface area contributed by atoms with Gasteiger partial charge in [0, 0.05) is 6.42 Å². The predicted molar refractivity (Wildman–Crippen MR) is 84.8 cm³/mol. The summed E-state index contributed by atoms with van der Waals surface area (Å²) in [6, 6.07) is 6.92. The second kappa shape index (κ2) is 5.62. The van der Waals surface area contributed by atoms with Gasteiger partial charge < -0.3 is 14.8 Å². The number of nitrogens with one attached hydrogen (secondary N) is 1. The van der Waals surface area contributed by atoms with Crippen LogP contribution in [0.1, 0.15) is 57.7 Å². The minimum Gasteiger partial charge on any atom is -0.487 e. The van der Waals surface area contributed by atoms with Crippen LogP contribution in [0, 0.1) is 0 Å². The van der Waals surface area contributed by atoms with E-state index in [0.29, 0.717) is 6.10 Å². The Morgan fingerprint density at radius 2 is 2.14 bits per heavy atom. The van der Waals surface area contributed by atoms with E-state index >= 15 is 0 Å². The molecule has 0 aliphatic carbocycles. The van der Waals surface area contributed by atoms with E-state index in [1.54, 1.807) is 0 Å². The molecule has 0 amide bonds. The van der Waals surface area contributed by atoms with Crippen LogP contribution in [-0.4, -0.2) is 24.4 Å². The Morgan fingerprint density at radius 1 is 1.33 bits per heavy atom. The fourth-order valence-corrected chi connectivity index (χ4v) is 3.59. The highest BCUT2D eigenvalue weighted by Gasteiger charge is 2.33. The lowest BCUT2D eigenvalue weighted by Crippen LogP contribution is -2.32. The average Bonchev–Trinajstić information content (AvgIpc) is 2.96. The summed E-state index contributed by atoms with van der Waals surface area (Å²) in [7, 11) is 0. The SMILES string of the molecule is CCNC(c1ccc2c(c1)CC(C)(C)O2)C1CCC(C)O1. The highest BCUT2D eigenvalue weighted by Crippen LogP contribution is 2.38. The first-order chi connectivity index (χ1) is 9.98. The Hall–Kier alpha value is -1.06. The molecule has 3 rings (SSSR count). The summed E-state index contributed by atoms with van der Waals surface area (Å²) in [5.74, 6) is 1.04. The topological polar surface area (TPSA) is 30.5 Å². The minimum atomic E-state index is -0.0764. The Labute approximate surface area is 128 Å². The van der Waals surface area contributed by atoms with Gasteiger partial charge in [-0.15, -0.1) is 0 Å². The summed E-state index contributed by atoms with van der Waals surface area (Å²) in [6.45, 7) is 9.58. The molecule has 2 aliphatic heterocycles. The summed E-state index contributed by atoms with van der Waals surface area (Å²) >= 11 is 0. The van der Waals surface area contributed by atoms with Crippen molar-refractivity contribution in [2.24, 2.45) is 0 Å². The molecule has 3 nitrogen and oxygen atoms in total. The maximum atomic E-state index is 6.10. The number of rotatable bonds is 4.